The lowest BCUT2D eigenvalue weighted by molar-refractivity contribution is -0.0289. The standard InChI is InChI=1S/C13H28N2O2/c1-4-13(3,6-8-16)14-10-12-11-15(5-2)7-9-17-12/h12,14,16H,4-11H2,1-3H3. The summed E-state index contributed by atoms with van der Waals surface area (Å²) < 4.78 is 5.76. The molecule has 4 heteroatoms. The van der Waals surface area contributed by atoms with Gasteiger partial charge in [-0.05, 0) is 26.3 Å². The van der Waals surface area contributed by atoms with E-state index in [2.05, 4.69) is 31.0 Å². The molecule has 2 atom stereocenters. The highest BCUT2D eigenvalue weighted by molar-refractivity contribution is 4.84. The average Bonchev–Trinajstić information content (AvgIpc) is 2.37. The van der Waals surface area contributed by atoms with E-state index in [1.165, 1.54) is 0 Å². The first kappa shape index (κ1) is 14.9. The number of hydrogen-bond donors (Lipinski definition) is 2. The number of morpholine rings is 1. The molecule has 2 unspecified atom stereocenters. The van der Waals surface area contributed by atoms with Gasteiger partial charge >= 0.3 is 0 Å². The van der Waals surface area contributed by atoms with Gasteiger partial charge in [0.15, 0.2) is 0 Å². The fourth-order valence-electron chi connectivity index (χ4n) is 2.19. The van der Waals surface area contributed by atoms with Crippen molar-refractivity contribution in [3.05, 3.63) is 0 Å². The highest BCUT2D eigenvalue weighted by Gasteiger charge is 2.24. The highest BCUT2D eigenvalue weighted by Crippen LogP contribution is 2.14. The zero-order chi connectivity index (χ0) is 12.7. The lowest BCUT2D eigenvalue weighted by atomic mass is 9.94. The van der Waals surface area contributed by atoms with Crippen molar-refractivity contribution in [2.75, 3.05) is 39.4 Å². The van der Waals surface area contributed by atoms with E-state index < -0.39 is 0 Å². The van der Waals surface area contributed by atoms with Crippen LogP contribution in [0.1, 0.15) is 33.6 Å². The molecule has 1 aliphatic rings. The molecule has 0 aromatic heterocycles. The Morgan fingerprint density at radius 3 is 2.82 bits per heavy atom. The molecule has 0 aliphatic carbocycles. The van der Waals surface area contributed by atoms with Gasteiger partial charge in [0, 0.05) is 31.8 Å². The molecule has 1 aliphatic heterocycles. The van der Waals surface area contributed by atoms with E-state index in [9.17, 15) is 0 Å². The van der Waals surface area contributed by atoms with Crippen LogP contribution in [0.4, 0.5) is 0 Å². The molecule has 0 saturated carbocycles. The number of rotatable bonds is 7. The van der Waals surface area contributed by atoms with Crippen molar-refractivity contribution in [3.63, 3.8) is 0 Å². The fraction of sp³-hybridized carbons (Fsp3) is 1.00. The molecule has 1 heterocycles. The molecule has 102 valence electrons. The monoisotopic (exact) mass is 244 g/mol. The van der Waals surface area contributed by atoms with E-state index >= 15 is 0 Å². The maximum absolute atomic E-state index is 9.07. The highest BCUT2D eigenvalue weighted by atomic mass is 16.5. The summed E-state index contributed by atoms with van der Waals surface area (Å²) >= 11 is 0. The number of aliphatic hydroxyl groups excluding tert-OH is 1. The van der Waals surface area contributed by atoms with Gasteiger partial charge in [-0.25, -0.2) is 0 Å². The first-order valence-electron chi connectivity index (χ1n) is 6.83. The van der Waals surface area contributed by atoms with Gasteiger partial charge in [0.25, 0.3) is 0 Å². The first-order valence-corrected chi connectivity index (χ1v) is 6.83. The topological polar surface area (TPSA) is 44.7 Å². The average molecular weight is 244 g/mol. The van der Waals surface area contributed by atoms with Gasteiger partial charge in [-0.1, -0.05) is 13.8 Å². The van der Waals surface area contributed by atoms with Crippen LogP contribution < -0.4 is 5.32 Å². The van der Waals surface area contributed by atoms with Crippen LogP contribution in [-0.4, -0.2) is 61.0 Å². The van der Waals surface area contributed by atoms with E-state index in [0.717, 1.165) is 45.6 Å². The molecule has 1 saturated heterocycles. The summed E-state index contributed by atoms with van der Waals surface area (Å²) in [6, 6.07) is 0. The van der Waals surface area contributed by atoms with Crippen LogP contribution in [0, 0.1) is 0 Å². The lowest BCUT2D eigenvalue weighted by Crippen LogP contribution is -2.51. The molecule has 0 amide bonds. The predicted molar refractivity (Wildman–Crippen MR) is 70.3 cm³/mol. The summed E-state index contributed by atoms with van der Waals surface area (Å²) in [4.78, 5) is 2.42. The largest absolute Gasteiger partial charge is 0.396 e. The summed E-state index contributed by atoms with van der Waals surface area (Å²) in [5.41, 5.74) is 0.0343. The van der Waals surface area contributed by atoms with E-state index in [4.69, 9.17) is 9.84 Å². The second kappa shape index (κ2) is 7.31. The van der Waals surface area contributed by atoms with E-state index in [1.807, 2.05) is 0 Å². The number of nitrogens with one attached hydrogen (secondary N) is 1. The van der Waals surface area contributed by atoms with Gasteiger partial charge in [-0.3, -0.25) is 4.90 Å². The van der Waals surface area contributed by atoms with Crippen LogP contribution >= 0.6 is 0 Å². The number of hydrogen-bond acceptors (Lipinski definition) is 4. The number of nitrogens with zero attached hydrogens (tertiary/aromatic N) is 1. The Bertz CT molecular complexity index is 214. The lowest BCUT2D eigenvalue weighted by Gasteiger charge is -2.36. The molecule has 0 bridgehead atoms. The van der Waals surface area contributed by atoms with Crippen LogP contribution in [0.5, 0.6) is 0 Å². The fourth-order valence-corrected chi connectivity index (χ4v) is 2.19. The molecule has 0 spiro atoms. The minimum Gasteiger partial charge on any atom is -0.396 e. The summed E-state index contributed by atoms with van der Waals surface area (Å²) in [6.07, 6.45) is 2.11. The van der Waals surface area contributed by atoms with Crippen LogP contribution in [-0.2, 0) is 4.74 Å². The molecule has 0 aromatic rings. The van der Waals surface area contributed by atoms with E-state index in [-0.39, 0.29) is 18.2 Å². The molecule has 0 aromatic carbocycles. The van der Waals surface area contributed by atoms with Crippen molar-refractivity contribution in [1.29, 1.82) is 0 Å². The second-order valence-corrected chi connectivity index (χ2v) is 5.15. The van der Waals surface area contributed by atoms with Crippen LogP contribution in [0.15, 0.2) is 0 Å². The molecular formula is C13H28N2O2. The van der Waals surface area contributed by atoms with Gasteiger partial charge in [-0.2, -0.15) is 0 Å². The first-order chi connectivity index (χ1) is 8.13. The third-order valence-electron chi connectivity index (χ3n) is 3.87. The van der Waals surface area contributed by atoms with E-state index in [1.54, 1.807) is 0 Å². The van der Waals surface area contributed by atoms with Gasteiger partial charge < -0.3 is 15.2 Å². The summed E-state index contributed by atoms with van der Waals surface area (Å²) in [7, 11) is 0. The van der Waals surface area contributed by atoms with Gasteiger partial charge in [0.05, 0.1) is 12.7 Å². The molecule has 4 nitrogen and oxygen atoms in total. The minimum atomic E-state index is 0.0343. The van der Waals surface area contributed by atoms with Gasteiger partial charge in [0.1, 0.15) is 0 Å². The third kappa shape index (κ3) is 4.92. The Labute approximate surface area is 105 Å². The van der Waals surface area contributed by atoms with Crippen molar-refractivity contribution >= 4 is 0 Å². The molecule has 2 N–H and O–H groups in total. The van der Waals surface area contributed by atoms with Crippen molar-refractivity contribution in [1.82, 2.24) is 10.2 Å². The Balaban J connectivity index is 2.33. The second-order valence-electron chi connectivity index (χ2n) is 5.15. The Morgan fingerprint density at radius 2 is 2.24 bits per heavy atom. The van der Waals surface area contributed by atoms with Crippen molar-refractivity contribution in [3.8, 4) is 0 Å². The SMILES string of the molecule is CCN1CCOC(CNC(C)(CC)CCO)C1. The van der Waals surface area contributed by atoms with E-state index in [0.29, 0.717) is 0 Å². The Hall–Kier alpha value is -0.160. The van der Waals surface area contributed by atoms with Gasteiger partial charge in [0.2, 0.25) is 0 Å². The molecule has 17 heavy (non-hydrogen) atoms. The van der Waals surface area contributed by atoms with Crippen molar-refractivity contribution in [2.45, 2.75) is 45.3 Å². The zero-order valence-corrected chi connectivity index (χ0v) is 11.5. The summed E-state index contributed by atoms with van der Waals surface area (Å²) in [5, 5.41) is 12.6. The van der Waals surface area contributed by atoms with Crippen LogP contribution in [0.25, 0.3) is 0 Å². The minimum absolute atomic E-state index is 0.0343. The maximum atomic E-state index is 9.07. The Morgan fingerprint density at radius 1 is 1.47 bits per heavy atom. The Kier molecular flexibility index (Phi) is 6.41. The van der Waals surface area contributed by atoms with Crippen LogP contribution in [0.2, 0.25) is 0 Å². The quantitative estimate of drug-likeness (QED) is 0.697. The normalized spacial score (nSPS) is 25.8. The van der Waals surface area contributed by atoms with Crippen molar-refractivity contribution in [2.24, 2.45) is 0 Å². The molecular weight excluding hydrogens is 216 g/mol. The summed E-state index contributed by atoms with van der Waals surface area (Å²) in [5.74, 6) is 0. The summed E-state index contributed by atoms with van der Waals surface area (Å²) in [6.45, 7) is 11.6. The zero-order valence-electron chi connectivity index (χ0n) is 11.5. The molecule has 1 rings (SSSR count). The van der Waals surface area contributed by atoms with Crippen LogP contribution in [0.3, 0.4) is 0 Å². The maximum Gasteiger partial charge on any atom is 0.0826 e. The molecule has 1 fully saturated rings. The predicted octanol–water partition coefficient (Wildman–Crippen LogP) is 0.848. The number of aliphatic hydroxyl groups is 1. The smallest absolute Gasteiger partial charge is 0.0826 e. The molecule has 0 radical (unpaired) electrons. The number of likely N-dealkylation sites (N-methyl/N-ethyl adjacent to an activating group) is 1. The third-order valence-corrected chi connectivity index (χ3v) is 3.87. The number of ether oxygens (including phenoxy) is 1. The van der Waals surface area contributed by atoms with Crippen molar-refractivity contribution < 1.29 is 9.84 Å². The van der Waals surface area contributed by atoms with Gasteiger partial charge in [-0.15, -0.1) is 0 Å².